The first-order valence-corrected chi connectivity index (χ1v) is 8.69. The third kappa shape index (κ3) is 6.14. The molecule has 0 atom stereocenters. The van der Waals surface area contributed by atoms with E-state index in [4.69, 9.17) is 26.2 Å². The number of nitrogens with one attached hydrogen (secondary N) is 1. The number of aromatic nitrogens is 1. The number of hydrogen-bond donors (Lipinski definition) is 2. The summed E-state index contributed by atoms with van der Waals surface area (Å²) in [6, 6.07) is 6.37. The van der Waals surface area contributed by atoms with Crippen molar-refractivity contribution in [3.8, 4) is 11.6 Å². The molecule has 0 radical (unpaired) electrons. The van der Waals surface area contributed by atoms with Crippen LogP contribution in [-0.4, -0.2) is 35.2 Å². The van der Waals surface area contributed by atoms with Gasteiger partial charge in [0.25, 0.3) is 5.91 Å². The van der Waals surface area contributed by atoms with Crippen LogP contribution < -0.4 is 14.8 Å². The first-order valence-electron chi connectivity index (χ1n) is 8.31. The fourth-order valence-electron chi connectivity index (χ4n) is 2.11. The molecule has 2 rings (SSSR count). The summed E-state index contributed by atoms with van der Waals surface area (Å²) >= 11 is 6.14. The third-order valence-electron chi connectivity index (χ3n) is 3.43. The van der Waals surface area contributed by atoms with Gasteiger partial charge in [0.05, 0.1) is 12.2 Å². The molecule has 7 nitrogen and oxygen atoms in total. The van der Waals surface area contributed by atoms with E-state index in [0.717, 1.165) is 5.56 Å². The minimum absolute atomic E-state index is 0.262. The lowest BCUT2D eigenvalue weighted by Gasteiger charge is -2.12. The summed E-state index contributed by atoms with van der Waals surface area (Å²) in [7, 11) is 0. The number of carboxylic acids is 1. The summed E-state index contributed by atoms with van der Waals surface area (Å²) in [5.74, 6) is -0.407. The maximum absolute atomic E-state index is 12.4. The topological polar surface area (TPSA) is 97.8 Å². The maximum Gasteiger partial charge on any atom is 0.341 e. The Morgan fingerprint density at radius 1 is 1.26 bits per heavy atom. The monoisotopic (exact) mass is 392 g/mol. The van der Waals surface area contributed by atoms with Crippen molar-refractivity contribution in [2.75, 3.05) is 18.5 Å². The predicted molar refractivity (Wildman–Crippen MR) is 102 cm³/mol. The molecule has 1 aromatic carbocycles. The summed E-state index contributed by atoms with van der Waals surface area (Å²) in [4.78, 5) is 27.1. The summed E-state index contributed by atoms with van der Waals surface area (Å²) in [6.07, 6.45) is 1.40. The summed E-state index contributed by atoms with van der Waals surface area (Å²) < 4.78 is 10.6. The first kappa shape index (κ1) is 20.5. The van der Waals surface area contributed by atoms with E-state index in [-0.39, 0.29) is 16.8 Å². The Labute approximate surface area is 162 Å². The molecule has 0 aliphatic carbocycles. The number of carboxylic acid groups (broad SMARTS) is 1. The highest BCUT2D eigenvalue weighted by atomic mass is 35.5. The van der Waals surface area contributed by atoms with E-state index >= 15 is 0 Å². The molecule has 0 aliphatic heterocycles. The number of aryl methyl sites for hydroxylation is 1. The van der Waals surface area contributed by atoms with Crippen LogP contribution in [0, 0.1) is 12.8 Å². The second kappa shape index (κ2) is 9.23. The quantitative estimate of drug-likeness (QED) is 0.709. The smallest absolute Gasteiger partial charge is 0.341 e. The van der Waals surface area contributed by atoms with E-state index in [1.807, 2.05) is 13.8 Å². The van der Waals surface area contributed by atoms with Gasteiger partial charge in [-0.25, -0.2) is 9.78 Å². The van der Waals surface area contributed by atoms with Gasteiger partial charge in [-0.2, -0.15) is 0 Å². The van der Waals surface area contributed by atoms with Crippen molar-refractivity contribution in [3.63, 3.8) is 0 Å². The number of benzene rings is 1. The molecule has 0 fully saturated rings. The maximum atomic E-state index is 12.4. The normalized spacial score (nSPS) is 10.6. The highest BCUT2D eigenvalue weighted by Crippen LogP contribution is 2.25. The zero-order valence-electron chi connectivity index (χ0n) is 15.3. The lowest BCUT2D eigenvalue weighted by molar-refractivity contribution is -0.139. The SMILES string of the molecule is Cc1cc(OCC(=O)O)ccc1NC(=O)c1cnc(OCC(C)C)c(Cl)c1. The van der Waals surface area contributed by atoms with E-state index in [9.17, 15) is 9.59 Å². The minimum atomic E-state index is -1.06. The summed E-state index contributed by atoms with van der Waals surface area (Å²) in [6.45, 7) is 5.84. The molecule has 0 spiro atoms. The fourth-order valence-corrected chi connectivity index (χ4v) is 2.33. The minimum Gasteiger partial charge on any atom is -0.482 e. The number of carbonyl (C=O) groups excluding carboxylic acids is 1. The van der Waals surface area contributed by atoms with Crippen molar-refractivity contribution in [2.24, 2.45) is 5.92 Å². The molecule has 0 unspecified atom stereocenters. The molecule has 2 N–H and O–H groups in total. The number of halogens is 1. The largest absolute Gasteiger partial charge is 0.482 e. The van der Waals surface area contributed by atoms with Gasteiger partial charge in [0.15, 0.2) is 6.61 Å². The van der Waals surface area contributed by atoms with Gasteiger partial charge in [0, 0.05) is 11.9 Å². The van der Waals surface area contributed by atoms with Crippen LogP contribution in [0.15, 0.2) is 30.5 Å². The van der Waals surface area contributed by atoms with Crippen LogP contribution in [0.2, 0.25) is 5.02 Å². The molecule has 0 saturated carbocycles. The summed E-state index contributed by atoms with van der Waals surface area (Å²) in [5, 5.41) is 11.7. The van der Waals surface area contributed by atoms with Crippen LogP contribution in [0.3, 0.4) is 0 Å². The Kier molecular flexibility index (Phi) is 7.01. The Balaban J connectivity index is 2.06. The van der Waals surface area contributed by atoms with Crippen molar-refractivity contribution in [3.05, 3.63) is 46.6 Å². The highest BCUT2D eigenvalue weighted by molar-refractivity contribution is 6.32. The molecular formula is C19H21ClN2O5. The van der Waals surface area contributed by atoms with Gasteiger partial charge in [-0.15, -0.1) is 0 Å². The Morgan fingerprint density at radius 2 is 2.00 bits per heavy atom. The molecule has 0 aliphatic rings. The molecule has 1 amide bonds. The van der Waals surface area contributed by atoms with Crippen molar-refractivity contribution < 1.29 is 24.2 Å². The van der Waals surface area contributed by atoms with Gasteiger partial charge in [0.1, 0.15) is 10.8 Å². The average molecular weight is 393 g/mol. The number of hydrogen-bond acceptors (Lipinski definition) is 5. The molecule has 2 aromatic rings. The van der Waals surface area contributed by atoms with Crippen LogP contribution in [0.1, 0.15) is 29.8 Å². The first-order chi connectivity index (χ1) is 12.8. The van der Waals surface area contributed by atoms with Crippen molar-refractivity contribution >= 4 is 29.2 Å². The van der Waals surface area contributed by atoms with E-state index in [1.165, 1.54) is 12.3 Å². The zero-order valence-corrected chi connectivity index (χ0v) is 16.0. The predicted octanol–water partition coefficient (Wildman–Crippen LogP) is 3.79. The van der Waals surface area contributed by atoms with Crippen LogP contribution >= 0.6 is 11.6 Å². The molecule has 0 bridgehead atoms. The van der Waals surface area contributed by atoms with E-state index in [2.05, 4.69) is 10.3 Å². The standard InChI is InChI=1S/C19H21ClN2O5/c1-11(2)9-27-19-15(20)7-13(8-21-19)18(25)22-16-5-4-14(6-12(16)3)26-10-17(23)24/h4-8,11H,9-10H2,1-3H3,(H,22,25)(H,23,24). The molecule has 27 heavy (non-hydrogen) atoms. The Hall–Kier alpha value is -2.80. The van der Waals surface area contributed by atoms with Gasteiger partial charge < -0.3 is 19.9 Å². The number of ether oxygens (including phenoxy) is 2. The number of amides is 1. The Bertz CT molecular complexity index is 839. The third-order valence-corrected chi connectivity index (χ3v) is 3.70. The number of pyridine rings is 1. The summed E-state index contributed by atoms with van der Waals surface area (Å²) in [5.41, 5.74) is 1.59. The van der Waals surface area contributed by atoms with Crippen molar-refractivity contribution in [1.29, 1.82) is 0 Å². The van der Waals surface area contributed by atoms with Crippen molar-refractivity contribution in [1.82, 2.24) is 4.98 Å². The van der Waals surface area contributed by atoms with Gasteiger partial charge in [-0.3, -0.25) is 4.79 Å². The van der Waals surface area contributed by atoms with Crippen LogP contribution in [-0.2, 0) is 4.79 Å². The molecule has 0 saturated heterocycles. The number of aliphatic carboxylic acids is 1. The molecular weight excluding hydrogens is 372 g/mol. The number of nitrogens with zero attached hydrogens (tertiary/aromatic N) is 1. The molecule has 8 heteroatoms. The second-order valence-corrected chi connectivity index (χ2v) is 6.74. The van der Waals surface area contributed by atoms with Crippen LogP contribution in [0.5, 0.6) is 11.6 Å². The number of carbonyl (C=O) groups is 2. The molecule has 144 valence electrons. The Morgan fingerprint density at radius 3 is 2.59 bits per heavy atom. The van der Waals surface area contributed by atoms with E-state index in [0.29, 0.717) is 29.5 Å². The fraction of sp³-hybridized carbons (Fsp3) is 0.316. The van der Waals surface area contributed by atoms with Crippen LogP contribution in [0.25, 0.3) is 0 Å². The highest BCUT2D eigenvalue weighted by Gasteiger charge is 2.13. The lowest BCUT2D eigenvalue weighted by Crippen LogP contribution is -2.14. The van der Waals surface area contributed by atoms with Gasteiger partial charge in [-0.1, -0.05) is 25.4 Å². The van der Waals surface area contributed by atoms with E-state index in [1.54, 1.807) is 25.1 Å². The van der Waals surface area contributed by atoms with Crippen molar-refractivity contribution in [2.45, 2.75) is 20.8 Å². The lowest BCUT2D eigenvalue weighted by atomic mass is 10.1. The van der Waals surface area contributed by atoms with Gasteiger partial charge in [0.2, 0.25) is 5.88 Å². The van der Waals surface area contributed by atoms with E-state index < -0.39 is 12.6 Å². The van der Waals surface area contributed by atoms with Crippen LogP contribution in [0.4, 0.5) is 5.69 Å². The van der Waals surface area contributed by atoms with Gasteiger partial charge >= 0.3 is 5.97 Å². The average Bonchev–Trinajstić information content (AvgIpc) is 2.60. The molecule has 1 aromatic heterocycles. The molecule has 1 heterocycles. The second-order valence-electron chi connectivity index (χ2n) is 6.33. The van der Waals surface area contributed by atoms with Gasteiger partial charge in [-0.05, 0) is 42.7 Å². The number of anilines is 1. The zero-order chi connectivity index (χ0) is 20.0. The number of rotatable bonds is 8.